The number of para-hydroxylation sites is 4. The molecule has 0 radical (unpaired) electrons. The summed E-state index contributed by atoms with van der Waals surface area (Å²) in [5.74, 6) is 2.09. The van der Waals surface area contributed by atoms with Crippen molar-refractivity contribution in [3.05, 3.63) is 121 Å². The first-order valence-electron chi connectivity index (χ1n) is 22.1. The molecule has 0 N–H and O–H groups in total. The Hall–Kier alpha value is -5.07. The zero-order chi connectivity index (χ0) is 37.8. The van der Waals surface area contributed by atoms with E-state index in [4.69, 9.17) is 15.0 Å². The molecule has 11 rings (SSSR count). The lowest BCUT2D eigenvalue weighted by molar-refractivity contribution is 0.421. The van der Waals surface area contributed by atoms with E-state index in [0.717, 1.165) is 50.1 Å². The molecule has 0 spiro atoms. The summed E-state index contributed by atoms with van der Waals surface area (Å²) in [6.07, 6.45) is 21.3. The third kappa shape index (κ3) is 5.80. The van der Waals surface area contributed by atoms with Gasteiger partial charge in [0.25, 0.3) is 0 Å². The summed E-state index contributed by atoms with van der Waals surface area (Å²) in [6, 6.07) is 44.7. The van der Waals surface area contributed by atoms with Crippen molar-refractivity contribution in [2.45, 2.75) is 113 Å². The van der Waals surface area contributed by atoms with Crippen LogP contribution >= 0.6 is 0 Å². The molecule has 5 aromatic carbocycles. The first-order valence-corrected chi connectivity index (χ1v) is 24.4. The van der Waals surface area contributed by atoms with E-state index < -0.39 is 8.07 Å². The van der Waals surface area contributed by atoms with Gasteiger partial charge in [-0.2, -0.15) is 15.0 Å². The average molecular weight is 764 g/mol. The molecule has 286 valence electrons. The molecule has 0 unspecified atom stereocenters. The third-order valence-electron chi connectivity index (χ3n) is 14.6. The van der Waals surface area contributed by atoms with Crippen LogP contribution < -0.4 is 5.19 Å². The van der Waals surface area contributed by atoms with Crippen LogP contribution in [0.5, 0.6) is 0 Å². The number of benzene rings is 5. The Morgan fingerprint density at radius 1 is 0.386 bits per heavy atom. The Morgan fingerprint density at radius 2 is 0.754 bits per heavy atom. The highest BCUT2D eigenvalue weighted by atomic mass is 28.3. The molecule has 3 aliphatic carbocycles. The molecule has 57 heavy (non-hydrogen) atoms. The Balaban J connectivity index is 1.17. The van der Waals surface area contributed by atoms with E-state index in [2.05, 4.69) is 130 Å². The van der Waals surface area contributed by atoms with Gasteiger partial charge in [0.15, 0.2) is 5.82 Å². The van der Waals surface area contributed by atoms with Crippen LogP contribution in [-0.2, 0) is 0 Å². The van der Waals surface area contributed by atoms with Crippen molar-refractivity contribution in [3.8, 4) is 23.3 Å². The van der Waals surface area contributed by atoms with Crippen LogP contribution in [0.15, 0.2) is 121 Å². The number of hydrogen-bond donors (Lipinski definition) is 0. The Morgan fingerprint density at radius 3 is 1.14 bits per heavy atom. The van der Waals surface area contributed by atoms with Gasteiger partial charge in [-0.15, -0.1) is 0 Å². The molecule has 3 aromatic heterocycles. The largest absolute Gasteiger partial charge is 0.278 e. The minimum Gasteiger partial charge on any atom is -0.278 e. The van der Waals surface area contributed by atoms with Gasteiger partial charge in [0.2, 0.25) is 11.9 Å². The van der Waals surface area contributed by atoms with E-state index >= 15 is 0 Å². The summed E-state index contributed by atoms with van der Waals surface area (Å²) >= 11 is 0. The molecule has 8 aromatic rings. The van der Waals surface area contributed by atoms with Gasteiger partial charge in [-0.1, -0.05) is 199 Å². The van der Waals surface area contributed by atoms with Crippen LogP contribution in [0.2, 0.25) is 16.6 Å². The van der Waals surface area contributed by atoms with Crippen LogP contribution in [0, 0.1) is 0 Å². The van der Waals surface area contributed by atoms with Gasteiger partial charge >= 0.3 is 0 Å². The van der Waals surface area contributed by atoms with Gasteiger partial charge < -0.3 is 0 Å². The standard InChI is InChI=1S/C51H53N5Si/c1-4-20-37(21-5-1)57(38-22-6-2-7-23-38,39-24-8-3-9-25-39)40-26-18-19-36(35-40)49-52-50(55-45-31-14-10-27-41(45)42-28-11-15-32-46(42)55)54-51(53-49)56-47-33-16-12-29-43(47)44-30-13-17-34-48(44)56/h10-19,26-35,37-39H,1-9,20-25H2. The van der Waals surface area contributed by atoms with Gasteiger partial charge in [-0.05, 0) is 40.9 Å². The van der Waals surface area contributed by atoms with Gasteiger partial charge in [0.05, 0.1) is 30.1 Å². The average Bonchev–Trinajstić information content (AvgIpc) is 3.81. The lowest BCUT2D eigenvalue weighted by Crippen LogP contribution is -2.60. The predicted molar refractivity (Wildman–Crippen MR) is 240 cm³/mol. The Labute approximate surface area is 337 Å². The molecule has 0 bridgehead atoms. The molecular weight excluding hydrogens is 711 g/mol. The van der Waals surface area contributed by atoms with E-state index in [1.807, 2.05) is 0 Å². The van der Waals surface area contributed by atoms with Crippen LogP contribution in [0.4, 0.5) is 0 Å². The molecule has 5 nitrogen and oxygen atoms in total. The SMILES string of the molecule is c1cc(-c2nc(-n3c4ccccc4c4ccccc43)nc(-n3c4ccccc4c4ccccc43)n2)cc([Si](C2CCCCC2)(C2CCCCC2)C2CCCCC2)c1. The molecule has 3 heterocycles. The van der Waals surface area contributed by atoms with Gasteiger partial charge in [0.1, 0.15) is 0 Å². The van der Waals surface area contributed by atoms with Crippen molar-refractivity contribution < 1.29 is 0 Å². The van der Waals surface area contributed by atoms with Gasteiger partial charge in [0, 0.05) is 27.1 Å². The number of hydrogen-bond acceptors (Lipinski definition) is 3. The lowest BCUT2D eigenvalue weighted by atomic mass is 9.98. The fourth-order valence-corrected chi connectivity index (χ4v) is 20.6. The van der Waals surface area contributed by atoms with E-state index in [0.29, 0.717) is 11.9 Å². The quantitative estimate of drug-likeness (QED) is 0.152. The van der Waals surface area contributed by atoms with Gasteiger partial charge in [-0.25, -0.2) is 0 Å². The summed E-state index contributed by atoms with van der Waals surface area (Å²) in [5.41, 5.74) is 8.21. The second-order valence-corrected chi connectivity index (χ2v) is 22.4. The van der Waals surface area contributed by atoms with Crippen molar-refractivity contribution in [2.75, 3.05) is 0 Å². The maximum atomic E-state index is 5.52. The normalized spacial score (nSPS) is 18.0. The van der Waals surface area contributed by atoms with Crippen molar-refractivity contribution in [1.82, 2.24) is 24.1 Å². The molecule has 0 aliphatic heterocycles. The second-order valence-electron chi connectivity index (χ2n) is 17.5. The Kier molecular flexibility index (Phi) is 9.06. The van der Waals surface area contributed by atoms with E-state index in [-0.39, 0.29) is 0 Å². The zero-order valence-electron chi connectivity index (χ0n) is 33.1. The smallest absolute Gasteiger partial charge is 0.240 e. The topological polar surface area (TPSA) is 48.5 Å². The lowest BCUT2D eigenvalue weighted by Gasteiger charge is -2.53. The van der Waals surface area contributed by atoms with E-state index in [1.165, 1.54) is 118 Å². The van der Waals surface area contributed by atoms with Crippen molar-refractivity contribution in [1.29, 1.82) is 0 Å². The maximum Gasteiger partial charge on any atom is 0.240 e. The fraction of sp³-hybridized carbons (Fsp3) is 0.353. The molecule has 6 heteroatoms. The van der Waals surface area contributed by atoms with Crippen molar-refractivity contribution in [2.24, 2.45) is 0 Å². The summed E-state index contributed by atoms with van der Waals surface area (Å²) in [7, 11) is -1.99. The number of rotatable bonds is 7. The van der Waals surface area contributed by atoms with Crippen LogP contribution in [0.3, 0.4) is 0 Å². The van der Waals surface area contributed by atoms with Crippen LogP contribution in [0.25, 0.3) is 66.9 Å². The molecule has 3 aliphatic rings. The number of fused-ring (bicyclic) bond motifs is 6. The van der Waals surface area contributed by atoms with E-state index in [1.54, 1.807) is 5.19 Å². The monoisotopic (exact) mass is 763 g/mol. The van der Waals surface area contributed by atoms with Crippen molar-refractivity contribution >= 4 is 56.9 Å². The minimum absolute atomic E-state index is 0.662. The predicted octanol–water partition coefficient (Wildman–Crippen LogP) is 13.4. The zero-order valence-corrected chi connectivity index (χ0v) is 34.1. The highest BCUT2D eigenvalue weighted by Gasteiger charge is 2.53. The maximum absolute atomic E-state index is 5.52. The number of nitrogens with zero attached hydrogens (tertiary/aromatic N) is 5. The number of aromatic nitrogens is 5. The minimum atomic E-state index is -1.99. The fourth-order valence-electron chi connectivity index (χ4n) is 12.3. The highest BCUT2D eigenvalue weighted by molar-refractivity contribution is 6.95. The summed E-state index contributed by atoms with van der Waals surface area (Å²) in [4.78, 5) is 16.5. The molecule has 3 fully saturated rings. The Bertz CT molecular complexity index is 2440. The molecule has 0 amide bonds. The summed E-state index contributed by atoms with van der Waals surface area (Å²) < 4.78 is 4.53. The highest BCUT2D eigenvalue weighted by Crippen LogP contribution is 2.56. The van der Waals surface area contributed by atoms with E-state index in [9.17, 15) is 0 Å². The molecular formula is C51H53N5Si. The van der Waals surface area contributed by atoms with Gasteiger partial charge in [-0.3, -0.25) is 9.13 Å². The third-order valence-corrected chi connectivity index (χ3v) is 21.7. The molecule has 3 saturated carbocycles. The molecule has 0 atom stereocenters. The van der Waals surface area contributed by atoms with Crippen LogP contribution in [0.1, 0.15) is 96.3 Å². The first kappa shape index (κ1) is 35.1. The second kappa shape index (κ2) is 14.7. The van der Waals surface area contributed by atoms with Crippen molar-refractivity contribution in [3.63, 3.8) is 0 Å². The van der Waals surface area contributed by atoms with Crippen LogP contribution in [-0.4, -0.2) is 32.2 Å². The molecule has 0 saturated heterocycles. The summed E-state index contributed by atoms with van der Waals surface area (Å²) in [6.45, 7) is 0. The first-order chi connectivity index (χ1) is 28.3. The summed E-state index contributed by atoms with van der Waals surface area (Å²) in [5, 5.41) is 6.54.